The molecule has 2 heterocycles. The summed E-state index contributed by atoms with van der Waals surface area (Å²) in [7, 11) is 1.61. The maximum atomic E-state index is 6.39. The number of aromatic nitrogens is 3. The van der Waals surface area contributed by atoms with Gasteiger partial charge < -0.3 is 9.57 Å². The number of rotatable bonds is 7. The van der Waals surface area contributed by atoms with Crippen molar-refractivity contribution in [3.8, 4) is 17.1 Å². The smallest absolute Gasteiger partial charge is 0.265 e. The number of hydrogen-bond donors (Lipinski definition) is 1. The van der Waals surface area contributed by atoms with Crippen molar-refractivity contribution in [2.45, 2.75) is 33.7 Å². The van der Waals surface area contributed by atoms with Crippen LogP contribution in [0.3, 0.4) is 0 Å². The molecule has 0 saturated carbocycles. The second kappa shape index (κ2) is 9.76. The molecule has 2 aromatic heterocycles. The monoisotopic (exact) mass is 439 g/mol. The Labute approximate surface area is 187 Å². The van der Waals surface area contributed by atoms with Crippen molar-refractivity contribution in [2.75, 3.05) is 7.11 Å². The highest BCUT2D eigenvalue weighted by Crippen LogP contribution is 2.29. The number of pyridine rings is 1. The van der Waals surface area contributed by atoms with Gasteiger partial charge in [0.15, 0.2) is 0 Å². The first-order chi connectivity index (χ1) is 14.9. The molecule has 0 spiro atoms. The molecule has 0 bridgehead atoms. The number of methoxy groups -OCH3 is 1. The van der Waals surface area contributed by atoms with E-state index in [-0.39, 0.29) is 5.90 Å². The van der Waals surface area contributed by atoms with E-state index in [1.807, 2.05) is 61.9 Å². The Balaban J connectivity index is 2.03. The largest absolute Gasteiger partial charge is 0.481 e. The molecule has 162 valence electrons. The highest BCUT2D eigenvalue weighted by atomic mass is 35.5. The Kier molecular flexibility index (Phi) is 7.09. The molecule has 1 aromatic carbocycles. The van der Waals surface area contributed by atoms with Crippen molar-refractivity contribution in [3.05, 3.63) is 70.5 Å². The number of aryl methyl sites for hydroxylation is 3. The van der Waals surface area contributed by atoms with Crippen molar-refractivity contribution in [1.82, 2.24) is 14.8 Å². The lowest BCUT2D eigenvalue weighted by atomic mass is 10.1. The van der Waals surface area contributed by atoms with Gasteiger partial charge in [-0.15, -0.1) is 0 Å². The van der Waals surface area contributed by atoms with Crippen LogP contribution in [0.2, 0.25) is 5.02 Å². The molecule has 0 fully saturated rings. The van der Waals surface area contributed by atoms with Crippen LogP contribution < -0.4 is 10.6 Å². The summed E-state index contributed by atoms with van der Waals surface area (Å²) in [4.78, 5) is 14.1. The Morgan fingerprint density at radius 1 is 1.26 bits per heavy atom. The summed E-state index contributed by atoms with van der Waals surface area (Å²) in [5, 5.41) is 5.22. The molecule has 31 heavy (non-hydrogen) atoms. The summed E-state index contributed by atoms with van der Waals surface area (Å²) in [5.41, 5.74) is 5.15. The van der Waals surface area contributed by atoms with Gasteiger partial charge in [-0.1, -0.05) is 43.3 Å². The van der Waals surface area contributed by atoms with E-state index in [0.717, 1.165) is 34.5 Å². The number of benzene rings is 1. The van der Waals surface area contributed by atoms with Crippen LogP contribution in [-0.2, 0) is 17.8 Å². The van der Waals surface area contributed by atoms with Crippen LogP contribution in [-0.4, -0.2) is 27.8 Å². The first-order valence-electron chi connectivity index (χ1n) is 9.95. The predicted molar refractivity (Wildman–Crippen MR) is 124 cm³/mol. The van der Waals surface area contributed by atoms with Crippen molar-refractivity contribution >= 4 is 23.2 Å². The van der Waals surface area contributed by atoms with E-state index in [0.29, 0.717) is 28.8 Å². The molecule has 3 rings (SSSR count). The topological polar surface area (TPSA) is 87.6 Å². The SMILES string of the molecule is C=C(N=C(ON)c1cc(-c2ccccc2Cl)n(CC)n1)c1cc(CC)c(OC)nc1C. The minimum atomic E-state index is 0.152. The van der Waals surface area contributed by atoms with Crippen LogP contribution in [0.15, 0.2) is 48.0 Å². The molecule has 7 nitrogen and oxygen atoms in total. The van der Waals surface area contributed by atoms with Crippen LogP contribution in [0.4, 0.5) is 0 Å². The van der Waals surface area contributed by atoms with Gasteiger partial charge in [0, 0.05) is 28.3 Å². The molecule has 0 aliphatic carbocycles. The standard InChI is InChI=1S/C23H26ClN5O2/c1-6-16-12-18(14(3)26-22(16)30-5)15(4)27-23(31-25)20-13-21(29(7-2)28-20)17-10-8-9-11-19(17)24/h8-13H,4,6-7,25H2,1-3,5H3. The summed E-state index contributed by atoms with van der Waals surface area (Å²) in [5.74, 6) is 6.31. The zero-order valence-corrected chi connectivity index (χ0v) is 18.9. The first kappa shape index (κ1) is 22.5. The van der Waals surface area contributed by atoms with E-state index >= 15 is 0 Å². The normalized spacial score (nSPS) is 11.5. The Bertz CT molecular complexity index is 1140. The van der Waals surface area contributed by atoms with E-state index in [9.17, 15) is 0 Å². The first-order valence-corrected chi connectivity index (χ1v) is 10.3. The molecule has 0 unspecified atom stereocenters. The summed E-state index contributed by atoms with van der Waals surface area (Å²) >= 11 is 6.39. The maximum absolute atomic E-state index is 6.39. The average Bonchev–Trinajstić information content (AvgIpc) is 3.21. The fourth-order valence-electron chi connectivity index (χ4n) is 3.32. The fourth-order valence-corrected chi connectivity index (χ4v) is 3.55. The Hall–Kier alpha value is -3.16. The van der Waals surface area contributed by atoms with Crippen LogP contribution in [0, 0.1) is 6.92 Å². The number of nitrogens with two attached hydrogens (primary N) is 1. The summed E-state index contributed by atoms with van der Waals surface area (Å²) in [6, 6.07) is 11.4. The van der Waals surface area contributed by atoms with E-state index in [2.05, 4.69) is 21.7 Å². The van der Waals surface area contributed by atoms with Gasteiger partial charge in [0.2, 0.25) is 5.88 Å². The van der Waals surface area contributed by atoms with Crippen LogP contribution in [0.5, 0.6) is 5.88 Å². The minimum absolute atomic E-state index is 0.152. The van der Waals surface area contributed by atoms with Gasteiger partial charge in [-0.05, 0) is 38.5 Å². The summed E-state index contributed by atoms with van der Waals surface area (Å²) in [6.45, 7) is 10.6. The number of hydrogen-bond acceptors (Lipinski definition) is 6. The molecule has 0 radical (unpaired) electrons. The lowest BCUT2D eigenvalue weighted by Crippen LogP contribution is -2.13. The number of aliphatic imine (C=N–C) groups is 1. The number of nitrogens with zero attached hydrogens (tertiary/aromatic N) is 4. The van der Waals surface area contributed by atoms with E-state index in [1.54, 1.807) is 7.11 Å². The molecule has 0 aliphatic heterocycles. The fraction of sp³-hybridized carbons (Fsp3) is 0.261. The second-order valence-electron chi connectivity index (χ2n) is 6.84. The number of ether oxygens (including phenoxy) is 1. The summed E-state index contributed by atoms with van der Waals surface area (Å²) < 4.78 is 7.18. The van der Waals surface area contributed by atoms with Gasteiger partial charge in [0.25, 0.3) is 5.90 Å². The van der Waals surface area contributed by atoms with Crippen molar-refractivity contribution < 1.29 is 9.57 Å². The zero-order chi connectivity index (χ0) is 22.5. The van der Waals surface area contributed by atoms with Crippen LogP contribution in [0.25, 0.3) is 17.0 Å². The highest BCUT2D eigenvalue weighted by Gasteiger charge is 2.18. The maximum Gasteiger partial charge on any atom is 0.265 e. The highest BCUT2D eigenvalue weighted by molar-refractivity contribution is 6.33. The molecule has 0 aliphatic rings. The van der Waals surface area contributed by atoms with Gasteiger partial charge in [0.1, 0.15) is 5.69 Å². The van der Waals surface area contributed by atoms with Gasteiger partial charge in [0.05, 0.1) is 24.2 Å². The van der Waals surface area contributed by atoms with Gasteiger partial charge in [-0.3, -0.25) is 4.68 Å². The Morgan fingerprint density at radius 2 is 2.00 bits per heavy atom. The van der Waals surface area contributed by atoms with Crippen LogP contribution in [0.1, 0.15) is 36.4 Å². The molecule has 0 amide bonds. The lowest BCUT2D eigenvalue weighted by Gasteiger charge is -2.12. The third-order valence-electron chi connectivity index (χ3n) is 4.93. The predicted octanol–water partition coefficient (Wildman–Crippen LogP) is 4.81. The molecular formula is C23H26ClN5O2. The van der Waals surface area contributed by atoms with Gasteiger partial charge in [-0.2, -0.15) is 11.0 Å². The van der Waals surface area contributed by atoms with Gasteiger partial charge >= 0.3 is 0 Å². The molecule has 0 saturated heterocycles. The van der Waals surface area contributed by atoms with E-state index in [1.165, 1.54) is 0 Å². The molecule has 3 aromatic rings. The third kappa shape index (κ3) is 4.62. The van der Waals surface area contributed by atoms with Crippen molar-refractivity contribution in [3.63, 3.8) is 0 Å². The number of halogens is 1. The molecular weight excluding hydrogens is 414 g/mol. The molecule has 8 heteroatoms. The van der Waals surface area contributed by atoms with Crippen LogP contribution >= 0.6 is 11.6 Å². The third-order valence-corrected chi connectivity index (χ3v) is 5.26. The molecule has 2 N–H and O–H groups in total. The van der Waals surface area contributed by atoms with Crippen molar-refractivity contribution in [2.24, 2.45) is 10.9 Å². The minimum Gasteiger partial charge on any atom is -0.481 e. The average molecular weight is 440 g/mol. The lowest BCUT2D eigenvalue weighted by molar-refractivity contribution is 0.321. The van der Waals surface area contributed by atoms with Crippen molar-refractivity contribution in [1.29, 1.82) is 0 Å². The molecule has 0 atom stereocenters. The Morgan fingerprint density at radius 3 is 2.61 bits per heavy atom. The zero-order valence-electron chi connectivity index (χ0n) is 18.1. The van der Waals surface area contributed by atoms with E-state index in [4.69, 9.17) is 27.1 Å². The second-order valence-corrected chi connectivity index (χ2v) is 7.24. The van der Waals surface area contributed by atoms with E-state index < -0.39 is 0 Å². The van der Waals surface area contributed by atoms with Gasteiger partial charge in [-0.25, -0.2) is 9.98 Å². The quantitative estimate of drug-likeness (QED) is 0.324. The summed E-state index contributed by atoms with van der Waals surface area (Å²) in [6.07, 6.45) is 0.767.